The maximum Gasteiger partial charge on any atom is 0.333 e. The zero-order chi connectivity index (χ0) is 21.4. The number of hydrogen-bond acceptors (Lipinski definition) is 7. The summed E-state index contributed by atoms with van der Waals surface area (Å²) in [6, 6.07) is 5.29. The summed E-state index contributed by atoms with van der Waals surface area (Å²) >= 11 is 1.22. The van der Waals surface area contributed by atoms with E-state index in [9.17, 15) is 19.2 Å². The molecule has 1 heterocycles. The minimum absolute atomic E-state index is 0.0508. The number of esters is 2. The number of rotatable bonds is 8. The molecule has 0 spiro atoms. The van der Waals surface area contributed by atoms with E-state index in [1.165, 1.54) is 22.7 Å². The molecule has 0 radical (unpaired) electrons. The number of thioether (sulfide) groups is 1. The van der Waals surface area contributed by atoms with Crippen molar-refractivity contribution in [2.75, 3.05) is 32.1 Å². The zero-order valence-electron chi connectivity index (χ0n) is 16.6. The zero-order valence-corrected chi connectivity index (χ0v) is 17.5. The Kier molecular flexibility index (Phi) is 8.26. The largest absolute Gasteiger partial charge is 0.463 e. The fourth-order valence-electron chi connectivity index (χ4n) is 2.49. The van der Waals surface area contributed by atoms with Gasteiger partial charge in [0.25, 0.3) is 5.91 Å². The molecular weight excluding hydrogens is 396 g/mol. The molecular formula is C20H24N2O6S. The van der Waals surface area contributed by atoms with Gasteiger partial charge in [-0.3, -0.25) is 14.4 Å². The van der Waals surface area contributed by atoms with Crippen LogP contribution in [0.3, 0.4) is 0 Å². The quantitative estimate of drug-likeness (QED) is 0.503. The molecule has 0 unspecified atom stereocenters. The molecule has 1 aliphatic rings. The van der Waals surface area contributed by atoms with Crippen molar-refractivity contribution in [1.29, 1.82) is 0 Å². The molecule has 1 fully saturated rings. The van der Waals surface area contributed by atoms with E-state index in [2.05, 4.69) is 5.32 Å². The van der Waals surface area contributed by atoms with Crippen molar-refractivity contribution in [2.45, 2.75) is 20.8 Å². The number of carbonyl (C=O) groups is 4. The second-order valence-corrected chi connectivity index (χ2v) is 7.27. The van der Waals surface area contributed by atoms with Crippen molar-refractivity contribution < 1.29 is 28.7 Å². The van der Waals surface area contributed by atoms with E-state index in [0.29, 0.717) is 10.6 Å². The fraction of sp³-hybridized carbons (Fsp3) is 0.400. The molecule has 2 rings (SSSR count). The van der Waals surface area contributed by atoms with Crippen LogP contribution in [0.25, 0.3) is 0 Å². The Hall–Kier alpha value is -2.81. The Balaban J connectivity index is 1.78. The average molecular weight is 420 g/mol. The number of ether oxygens (including phenoxy) is 2. The van der Waals surface area contributed by atoms with Crippen molar-refractivity contribution in [3.63, 3.8) is 0 Å². The van der Waals surface area contributed by atoms with Crippen LogP contribution < -0.4 is 5.32 Å². The maximum atomic E-state index is 12.1. The molecule has 1 N–H and O–H groups in total. The molecule has 0 bridgehead atoms. The topological polar surface area (TPSA) is 102 Å². The number of benzene rings is 1. The molecule has 156 valence electrons. The van der Waals surface area contributed by atoms with Gasteiger partial charge in [0.2, 0.25) is 5.91 Å². The van der Waals surface area contributed by atoms with Crippen LogP contribution in [-0.4, -0.2) is 60.7 Å². The molecule has 1 aromatic carbocycles. The van der Waals surface area contributed by atoms with Crippen molar-refractivity contribution in [1.82, 2.24) is 10.2 Å². The first kappa shape index (κ1) is 22.5. The number of aryl methyl sites for hydroxylation is 2. The smallest absolute Gasteiger partial charge is 0.333 e. The first-order valence-corrected chi connectivity index (χ1v) is 10.1. The Morgan fingerprint density at radius 2 is 1.97 bits per heavy atom. The molecule has 9 heteroatoms. The third kappa shape index (κ3) is 6.63. The highest BCUT2D eigenvalue weighted by Gasteiger charge is 2.27. The third-order valence-electron chi connectivity index (χ3n) is 4.18. The second kappa shape index (κ2) is 10.7. The van der Waals surface area contributed by atoms with E-state index >= 15 is 0 Å². The van der Waals surface area contributed by atoms with Gasteiger partial charge >= 0.3 is 11.9 Å². The summed E-state index contributed by atoms with van der Waals surface area (Å²) in [6.45, 7) is 5.58. The van der Waals surface area contributed by atoms with Crippen LogP contribution in [0.5, 0.6) is 0 Å². The molecule has 0 aliphatic carbocycles. The summed E-state index contributed by atoms with van der Waals surface area (Å²) in [5, 5.41) is 2.98. The van der Waals surface area contributed by atoms with Gasteiger partial charge in [-0.05, 0) is 44.0 Å². The predicted molar refractivity (Wildman–Crippen MR) is 108 cm³/mol. The standard InChI is InChI=1S/C20H24N2O6S/c1-4-27-18(24)10-17-22(16(23)12-29-17)7-8-28-19(25)11-21-20(26)15-6-5-13(2)14(3)9-15/h5-6,9-10H,4,7-8,11-12H2,1-3H3,(H,21,26)/b17-10-. The summed E-state index contributed by atoms with van der Waals surface area (Å²) in [6.07, 6.45) is 1.25. The SMILES string of the molecule is CCOC(=O)/C=C1\SCC(=O)N1CCOC(=O)CNC(=O)c1ccc(C)c(C)c1. The van der Waals surface area contributed by atoms with Crippen molar-refractivity contribution in [3.05, 3.63) is 46.0 Å². The van der Waals surface area contributed by atoms with Gasteiger partial charge in [-0.1, -0.05) is 17.8 Å². The molecule has 1 aromatic rings. The highest BCUT2D eigenvalue weighted by Crippen LogP contribution is 2.28. The summed E-state index contributed by atoms with van der Waals surface area (Å²) in [7, 11) is 0. The van der Waals surface area contributed by atoms with E-state index in [-0.39, 0.29) is 43.9 Å². The summed E-state index contributed by atoms with van der Waals surface area (Å²) in [5.74, 6) is -1.47. The monoisotopic (exact) mass is 420 g/mol. The lowest BCUT2D eigenvalue weighted by Crippen LogP contribution is -2.33. The molecule has 1 aliphatic heterocycles. The normalized spacial score (nSPS) is 14.8. The van der Waals surface area contributed by atoms with E-state index in [4.69, 9.17) is 9.47 Å². The van der Waals surface area contributed by atoms with Crippen LogP contribution in [0.1, 0.15) is 28.4 Å². The van der Waals surface area contributed by atoms with E-state index < -0.39 is 11.9 Å². The van der Waals surface area contributed by atoms with Gasteiger partial charge in [-0.2, -0.15) is 0 Å². The van der Waals surface area contributed by atoms with Gasteiger partial charge < -0.3 is 19.7 Å². The third-order valence-corrected chi connectivity index (χ3v) is 5.20. The van der Waals surface area contributed by atoms with Crippen LogP contribution in [0.2, 0.25) is 0 Å². The van der Waals surface area contributed by atoms with Crippen molar-refractivity contribution in [2.24, 2.45) is 0 Å². The Morgan fingerprint density at radius 1 is 1.21 bits per heavy atom. The average Bonchev–Trinajstić information content (AvgIpc) is 3.02. The molecule has 0 atom stereocenters. The fourth-order valence-corrected chi connectivity index (χ4v) is 3.45. The lowest BCUT2D eigenvalue weighted by molar-refractivity contribution is -0.144. The number of amides is 2. The summed E-state index contributed by atoms with van der Waals surface area (Å²) in [5.41, 5.74) is 2.53. The van der Waals surface area contributed by atoms with Gasteiger partial charge in [0, 0.05) is 5.56 Å². The summed E-state index contributed by atoms with van der Waals surface area (Å²) < 4.78 is 9.92. The van der Waals surface area contributed by atoms with Crippen LogP contribution in [0, 0.1) is 13.8 Å². The number of nitrogens with one attached hydrogen (secondary N) is 1. The van der Waals surface area contributed by atoms with Crippen LogP contribution >= 0.6 is 11.8 Å². The number of nitrogens with zero attached hydrogens (tertiary/aromatic N) is 1. The van der Waals surface area contributed by atoms with Crippen LogP contribution in [-0.2, 0) is 23.9 Å². The van der Waals surface area contributed by atoms with Gasteiger partial charge in [-0.25, -0.2) is 4.79 Å². The molecule has 8 nitrogen and oxygen atoms in total. The Morgan fingerprint density at radius 3 is 2.66 bits per heavy atom. The lowest BCUT2D eigenvalue weighted by Gasteiger charge is -2.16. The van der Waals surface area contributed by atoms with Crippen LogP contribution in [0.15, 0.2) is 29.3 Å². The minimum atomic E-state index is -0.614. The first-order valence-electron chi connectivity index (χ1n) is 9.14. The highest BCUT2D eigenvalue weighted by molar-refractivity contribution is 8.04. The van der Waals surface area contributed by atoms with Crippen LogP contribution in [0.4, 0.5) is 0 Å². The second-order valence-electron chi connectivity index (χ2n) is 6.27. The van der Waals surface area contributed by atoms with E-state index in [1.807, 2.05) is 19.9 Å². The van der Waals surface area contributed by atoms with Gasteiger partial charge in [-0.15, -0.1) is 0 Å². The summed E-state index contributed by atoms with van der Waals surface area (Å²) in [4.78, 5) is 48.9. The van der Waals surface area contributed by atoms with Gasteiger partial charge in [0.15, 0.2) is 0 Å². The minimum Gasteiger partial charge on any atom is -0.463 e. The lowest BCUT2D eigenvalue weighted by atomic mass is 10.1. The Bertz CT molecular complexity index is 836. The van der Waals surface area contributed by atoms with Crippen molar-refractivity contribution in [3.8, 4) is 0 Å². The molecule has 29 heavy (non-hydrogen) atoms. The maximum absolute atomic E-state index is 12.1. The predicted octanol–water partition coefficient (Wildman–Crippen LogP) is 1.56. The Labute approximate surface area is 173 Å². The highest BCUT2D eigenvalue weighted by atomic mass is 32.2. The van der Waals surface area contributed by atoms with Crippen molar-refractivity contribution >= 4 is 35.5 Å². The van der Waals surface area contributed by atoms with E-state index in [1.54, 1.807) is 19.1 Å². The molecule has 0 aromatic heterocycles. The first-order chi connectivity index (χ1) is 13.8. The van der Waals surface area contributed by atoms with E-state index in [0.717, 1.165) is 11.1 Å². The molecule has 2 amide bonds. The molecule has 1 saturated heterocycles. The van der Waals surface area contributed by atoms with Gasteiger partial charge in [0.1, 0.15) is 13.2 Å². The van der Waals surface area contributed by atoms with Gasteiger partial charge in [0.05, 0.1) is 30.0 Å². The molecule has 0 saturated carbocycles. The number of carbonyl (C=O) groups excluding carboxylic acids is 4. The number of hydrogen-bond donors (Lipinski definition) is 1.